The summed E-state index contributed by atoms with van der Waals surface area (Å²) in [7, 11) is 0. The van der Waals surface area contributed by atoms with E-state index >= 15 is 0 Å². The van der Waals surface area contributed by atoms with Crippen molar-refractivity contribution in [3.63, 3.8) is 0 Å². The second-order valence-corrected chi connectivity index (χ2v) is 4.55. The zero-order valence-electron chi connectivity index (χ0n) is 9.76. The van der Waals surface area contributed by atoms with Gasteiger partial charge in [0.25, 0.3) is 0 Å². The largest absolute Gasteiger partial charge is 0.418 e. The van der Waals surface area contributed by atoms with E-state index in [1.165, 1.54) is 12.1 Å². The monoisotopic (exact) mass is 340 g/mol. The van der Waals surface area contributed by atoms with Crippen molar-refractivity contribution >= 4 is 27.5 Å². The molecule has 0 fully saturated rings. The zero-order chi connectivity index (χ0) is 14.5. The van der Waals surface area contributed by atoms with Crippen LogP contribution in [0.1, 0.15) is 5.56 Å². The molecule has 19 heavy (non-hydrogen) atoms. The molecule has 4 nitrogen and oxygen atoms in total. The van der Waals surface area contributed by atoms with Gasteiger partial charge in [0.15, 0.2) is 0 Å². The van der Waals surface area contributed by atoms with Gasteiger partial charge in [-0.1, -0.05) is 15.9 Å². The van der Waals surface area contributed by atoms with Crippen LogP contribution in [0.5, 0.6) is 0 Å². The maximum absolute atomic E-state index is 12.7. The number of primary amides is 1. The van der Waals surface area contributed by atoms with Crippen LogP contribution in [0, 0.1) is 0 Å². The van der Waals surface area contributed by atoms with Crippen LogP contribution in [0.3, 0.4) is 0 Å². The Balaban J connectivity index is 2.61. The van der Waals surface area contributed by atoms with Crippen molar-refractivity contribution in [2.75, 3.05) is 25.1 Å². The fourth-order valence-corrected chi connectivity index (χ4v) is 1.70. The zero-order valence-corrected chi connectivity index (χ0v) is 11.3. The molecule has 0 aliphatic heterocycles. The van der Waals surface area contributed by atoms with E-state index in [1.807, 2.05) is 0 Å². The molecule has 0 saturated heterocycles. The van der Waals surface area contributed by atoms with Crippen LogP contribution in [0.15, 0.2) is 22.7 Å². The van der Waals surface area contributed by atoms with Gasteiger partial charge in [0.1, 0.15) is 6.61 Å². The summed E-state index contributed by atoms with van der Waals surface area (Å²) in [4.78, 5) is 10.4. The molecule has 0 spiro atoms. The van der Waals surface area contributed by atoms with E-state index in [9.17, 15) is 18.0 Å². The van der Waals surface area contributed by atoms with E-state index in [2.05, 4.69) is 21.2 Å². The Morgan fingerprint density at radius 1 is 1.42 bits per heavy atom. The SMILES string of the molecule is NC(=O)COCCNc1cc(Br)ccc1C(F)(F)F. The van der Waals surface area contributed by atoms with Gasteiger partial charge in [-0.15, -0.1) is 0 Å². The minimum atomic E-state index is -4.43. The third-order valence-electron chi connectivity index (χ3n) is 2.09. The number of nitrogens with one attached hydrogen (secondary N) is 1. The van der Waals surface area contributed by atoms with Gasteiger partial charge < -0.3 is 15.8 Å². The minimum absolute atomic E-state index is 0.0513. The normalized spacial score (nSPS) is 11.4. The van der Waals surface area contributed by atoms with Crippen molar-refractivity contribution < 1.29 is 22.7 Å². The summed E-state index contributed by atoms with van der Waals surface area (Å²) in [6.45, 7) is -0.0497. The van der Waals surface area contributed by atoms with Gasteiger partial charge in [0.05, 0.1) is 12.2 Å². The Hall–Kier alpha value is -1.28. The summed E-state index contributed by atoms with van der Waals surface area (Å²) in [5, 5.41) is 2.61. The van der Waals surface area contributed by atoms with Gasteiger partial charge >= 0.3 is 6.18 Å². The molecule has 1 aromatic carbocycles. The number of hydrogen-bond acceptors (Lipinski definition) is 3. The lowest BCUT2D eigenvalue weighted by molar-refractivity contribution is -0.137. The first-order chi connectivity index (χ1) is 8.80. The van der Waals surface area contributed by atoms with Gasteiger partial charge in [-0.25, -0.2) is 0 Å². The molecule has 3 N–H and O–H groups in total. The number of carbonyl (C=O) groups is 1. The summed E-state index contributed by atoms with van der Waals surface area (Å²) in [6.07, 6.45) is -4.43. The Morgan fingerprint density at radius 2 is 2.11 bits per heavy atom. The van der Waals surface area contributed by atoms with E-state index in [0.29, 0.717) is 4.47 Å². The smallest absolute Gasteiger partial charge is 0.382 e. The van der Waals surface area contributed by atoms with Gasteiger partial charge in [-0.2, -0.15) is 13.2 Å². The molecule has 0 bridgehead atoms. The predicted octanol–water partition coefficient (Wildman–Crippen LogP) is 2.38. The van der Waals surface area contributed by atoms with Crippen LogP contribution >= 0.6 is 15.9 Å². The number of carbonyl (C=O) groups excluding carboxylic acids is 1. The summed E-state index contributed by atoms with van der Waals surface area (Å²) in [5.74, 6) is -0.626. The van der Waals surface area contributed by atoms with Crippen LogP contribution < -0.4 is 11.1 Å². The average Bonchev–Trinajstić information content (AvgIpc) is 2.26. The second kappa shape index (κ2) is 6.76. The van der Waals surface area contributed by atoms with Gasteiger partial charge in [0.2, 0.25) is 5.91 Å². The summed E-state index contributed by atoms with van der Waals surface area (Å²) in [5.41, 5.74) is 4.04. The molecule has 0 aliphatic rings. The fraction of sp³-hybridized carbons (Fsp3) is 0.364. The number of anilines is 1. The van der Waals surface area contributed by atoms with Crippen LogP contribution in [-0.4, -0.2) is 25.7 Å². The van der Waals surface area contributed by atoms with E-state index in [0.717, 1.165) is 6.07 Å². The average molecular weight is 341 g/mol. The molecule has 0 aliphatic carbocycles. The molecule has 0 heterocycles. The standard InChI is InChI=1S/C11H12BrF3N2O2/c12-7-1-2-8(11(13,14)15)9(5-7)17-3-4-19-6-10(16)18/h1-2,5,17H,3-4,6H2,(H2,16,18). The predicted molar refractivity (Wildman–Crippen MR) is 67.6 cm³/mol. The van der Waals surface area contributed by atoms with Crippen molar-refractivity contribution in [1.82, 2.24) is 0 Å². The van der Waals surface area contributed by atoms with E-state index in [4.69, 9.17) is 10.5 Å². The van der Waals surface area contributed by atoms with Crippen LogP contribution in [0.2, 0.25) is 0 Å². The number of alkyl halides is 3. The third-order valence-corrected chi connectivity index (χ3v) is 2.59. The maximum Gasteiger partial charge on any atom is 0.418 e. The molecule has 106 valence electrons. The highest BCUT2D eigenvalue weighted by molar-refractivity contribution is 9.10. The Labute approximate surface area is 116 Å². The third kappa shape index (κ3) is 5.48. The second-order valence-electron chi connectivity index (χ2n) is 3.63. The first-order valence-corrected chi connectivity index (χ1v) is 6.06. The lowest BCUT2D eigenvalue weighted by Crippen LogP contribution is -2.21. The quantitative estimate of drug-likeness (QED) is 0.781. The molecule has 1 amide bonds. The van der Waals surface area contributed by atoms with Crippen LogP contribution in [0.4, 0.5) is 18.9 Å². The van der Waals surface area contributed by atoms with Crippen molar-refractivity contribution in [3.05, 3.63) is 28.2 Å². The van der Waals surface area contributed by atoms with Crippen molar-refractivity contribution in [2.45, 2.75) is 6.18 Å². The molecule has 1 aromatic rings. The summed E-state index contributed by atoms with van der Waals surface area (Å²) < 4.78 is 43.5. The Morgan fingerprint density at radius 3 is 2.68 bits per heavy atom. The van der Waals surface area contributed by atoms with E-state index in [1.54, 1.807) is 0 Å². The summed E-state index contributed by atoms with van der Waals surface area (Å²) in [6, 6.07) is 3.63. The topological polar surface area (TPSA) is 64.4 Å². The lowest BCUT2D eigenvalue weighted by Gasteiger charge is -2.14. The number of hydrogen-bond donors (Lipinski definition) is 2. The van der Waals surface area contributed by atoms with Crippen molar-refractivity contribution in [3.8, 4) is 0 Å². The Bertz CT molecular complexity index is 452. The molecule has 8 heteroatoms. The number of rotatable bonds is 6. The highest BCUT2D eigenvalue weighted by Gasteiger charge is 2.33. The number of ether oxygens (including phenoxy) is 1. The molecular weight excluding hydrogens is 329 g/mol. The highest BCUT2D eigenvalue weighted by atomic mass is 79.9. The fourth-order valence-electron chi connectivity index (χ4n) is 1.34. The molecule has 0 saturated carbocycles. The molecule has 0 unspecified atom stereocenters. The number of amides is 1. The minimum Gasteiger partial charge on any atom is -0.382 e. The van der Waals surface area contributed by atoms with Crippen molar-refractivity contribution in [2.24, 2.45) is 5.73 Å². The molecule has 1 rings (SSSR count). The molecule has 0 atom stereocenters. The van der Waals surface area contributed by atoms with E-state index < -0.39 is 17.6 Å². The number of benzene rings is 1. The number of nitrogens with two attached hydrogens (primary N) is 1. The first kappa shape index (κ1) is 15.8. The highest BCUT2D eigenvalue weighted by Crippen LogP contribution is 2.36. The van der Waals surface area contributed by atoms with Gasteiger partial charge in [-0.3, -0.25) is 4.79 Å². The number of halogens is 4. The van der Waals surface area contributed by atoms with Gasteiger partial charge in [-0.05, 0) is 18.2 Å². The van der Waals surface area contributed by atoms with Gasteiger partial charge in [0, 0.05) is 16.7 Å². The van der Waals surface area contributed by atoms with Crippen LogP contribution in [0.25, 0.3) is 0 Å². The van der Waals surface area contributed by atoms with Crippen molar-refractivity contribution in [1.29, 1.82) is 0 Å². The molecule has 0 radical (unpaired) electrons. The molecular formula is C11H12BrF3N2O2. The first-order valence-electron chi connectivity index (χ1n) is 5.27. The maximum atomic E-state index is 12.7. The van der Waals surface area contributed by atoms with E-state index in [-0.39, 0.29) is 25.4 Å². The summed E-state index contributed by atoms with van der Waals surface area (Å²) >= 11 is 3.10. The van der Waals surface area contributed by atoms with Crippen LogP contribution in [-0.2, 0) is 15.7 Å². The molecule has 0 aromatic heterocycles. The Kier molecular flexibility index (Phi) is 5.61. The lowest BCUT2D eigenvalue weighted by atomic mass is 10.1.